The minimum atomic E-state index is 0.235. The minimum Gasteiger partial charge on any atom is -0.342 e. The van der Waals surface area contributed by atoms with Gasteiger partial charge in [-0.2, -0.15) is 0 Å². The van der Waals surface area contributed by atoms with E-state index in [4.69, 9.17) is 0 Å². The molecule has 2 aliphatic heterocycles. The zero-order valence-electron chi connectivity index (χ0n) is 17.9. The smallest absolute Gasteiger partial charge is 0.236 e. The molecule has 2 rings (SSSR count). The summed E-state index contributed by atoms with van der Waals surface area (Å²) in [5.74, 6) is 1.95. The molecule has 1 N–H and O–H groups in total. The van der Waals surface area contributed by atoms with Crippen molar-refractivity contribution in [2.45, 2.75) is 58.9 Å². The summed E-state index contributed by atoms with van der Waals surface area (Å²) in [5.41, 5.74) is 0. The summed E-state index contributed by atoms with van der Waals surface area (Å²) in [6.07, 6.45) is 5.56. The second kappa shape index (κ2) is 11.0. The fourth-order valence-corrected chi connectivity index (χ4v) is 4.44. The average Bonchev–Trinajstić information content (AvgIpc) is 2.66. The van der Waals surface area contributed by atoms with Crippen molar-refractivity contribution < 1.29 is 9.59 Å². The van der Waals surface area contributed by atoms with Gasteiger partial charge in [-0.15, -0.1) is 0 Å². The Morgan fingerprint density at radius 3 is 1.89 bits per heavy atom. The Morgan fingerprint density at radius 1 is 0.963 bits per heavy atom. The van der Waals surface area contributed by atoms with Gasteiger partial charge in [0.2, 0.25) is 11.8 Å². The van der Waals surface area contributed by atoms with E-state index in [0.29, 0.717) is 31.0 Å². The van der Waals surface area contributed by atoms with Crippen LogP contribution in [0.5, 0.6) is 0 Å². The van der Waals surface area contributed by atoms with Crippen molar-refractivity contribution in [3.05, 3.63) is 0 Å². The van der Waals surface area contributed by atoms with Crippen LogP contribution in [0.15, 0.2) is 0 Å². The average molecular weight is 381 g/mol. The molecule has 0 aromatic carbocycles. The Labute approximate surface area is 165 Å². The van der Waals surface area contributed by atoms with E-state index in [2.05, 4.69) is 35.9 Å². The van der Waals surface area contributed by atoms with Gasteiger partial charge >= 0.3 is 0 Å². The third-order valence-corrected chi connectivity index (χ3v) is 6.12. The van der Waals surface area contributed by atoms with Crippen LogP contribution < -0.4 is 5.32 Å². The molecule has 2 fully saturated rings. The summed E-state index contributed by atoms with van der Waals surface area (Å²) in [4.78, 5) is 30.9. The molecule has 0 radical (unpaired) electrons. The third-order valence-electron chi connectivity index (χ3n) is 6.12. The zero-order chi connectivity index (χ0) is 19.8. The third kappa shape index (κ3) is 7.07. The van der Waals surface area contributed by atoms with Gasteiger partial charge in [-0.3, -0.25) is 14.5 Å². The van der Waals surface area contributed by atoms with E-state index in [0.717, 1.165) is 64.8 Å². The van der Waals surface area contributed by atoms with E-state index in [1.807, 2.05) is 11.9 Å². The number of carbonyl (C=O) groups excluding carboxylic acids is 2. The van der Waals surface area contributed by atoms with Gasteiger partial charge in [0.15, 0.2) is 0 Å². The Hall–Kier alpha value is -1.14. The van der Waals surface area contributed by atoms with E-state index >= 15 is 0 Å². The lowest BCUT2D eigenvalue weighted by Crippen LogP contribution is -2.47. The highest BCUT2D eigenvalue weighted by Gasteiger charge is 2.31. The summed E-state index contributed by atoms with van der Waals surface area (Å²) < 4.78 is 0. The molecule has 0 aromatic rings. The number of nitrogens with zero attached hydrogens (tertiary/aromatic N) is 3. The molecule has 2 heterocycles. The Morgan fingerprint density at radius 2 is 1.44 bits per heavy atom. The number of hydrogen-bond acceptors (Lipinski definition) is 4. The van der Waals surface area contributed by atoms with Crippen LogP contribution in [0.3, 0.4) is 0 Å². The molecule has 0 bridgehead atoms. The lowest BCUT2D eigenvalue weighted by molar-refractivity contribution is -0.135. The number of carbonyl (C=O) groups is 2. The van der Waals surface area contributed by atoms with Crippen molar-refractivity contribution in [3.63, 3.8) is 0 Å². The lowest BCUT2D eigenvalue weighted by atomic mass is 9.78. The number of nitrogens with one attached hydrogen (secondary N) is 1. The van der Waals surface area contributed by atoms with Crippen LogP contribution in [0.25, 0.3) is 0 Å². The standard InChI is InChI=1S/C21H40N4O2/c1-5-10-23(4)16-21(27)25-13-8-19(9-14-25)18-6-11-24(12-7-18)20(26)15-22-17(2)3/h17-19,22H,5-16H2,1-4H3. The first-order valence-corrected chi connectivity index (χ1v) is 10.9. The van der Waals surface area contributed by atoms with Gasteiger partial charge in [0.1, 0.15) is 0 Å². The maximum atomic E-state index is 12.4. The molecule has 0 unspecified atom stereocenters. The molecular formula is C21H40N4O2. The molecule has 2 amide bonds. The van der Waals surface area contributed by atoms with E-state index in [1.54, 1.807) is 0 Å². The molecule has 6 nitrogen and oxygen atoms in total. The summed E-state index contributed by atoms with van der Waals surface area (Å²) in [6, 6.07) is 0.348. The summed E-state index contributed by atoms with van der Waals surface area (Å²) in [5, 5.41) is 3.22. The Kier molecular flexibility index (Phi) is 9.03. The van der Waals surface area contributed by atoms with Crippen molar-refractivity contribution in [1.82, 2.24) is 20.0 Å². The van der Waals surface area contributed by atoms with Crippen LogP contribution in [0.1, 0.15) is 52.9 Å². The van der Waals surface area contributed by atoms with Gasteiger partial charge in [0, 0.05) is 32.2 Å². The lowest BCUT2D eigenvalue weighted by Gasteiger charge is -2.40. The van der Waals surface area contributed by atoms with Gasteiger partial charge in [0.05, 0.1) is 13.1 Å². The topological polar surface area (TPSA) is 55.9 Å². The predicted octanol–water partition coefficient (Wildman–Crippen LogP) is 1.80. The number of amides is 2. The van der Waals surface area contributed by atoms with Crippen molar-refractivity contribution >= 4 is 11.8 Å². The van der Waals surface area contributed by atoms with Crippen molar-refractivity contribution in [2.75, 3.05) is 52.9 Å². The van der Waals surface area contributed by atoms with Crippen molar-refractivity contribution in [3.8, 4) is 0 Å². The second-order valence-electron chi connectivity index (χ2n) is 8.71. The van der Waals surface area contributed by atoms with Crippen molar-refractivity contribution in [2.24, 2.45) is 11.8 Å². The van der Waals surface area contributed by atoms with E-state index in [1.165, 1.54) is 0 Å². The van der Waals surface area contributed by atoms with Gasteiger partial charge in [-0.25, -0.2) is 0 Å². The largest absolute Gasteiger partial charge is 0.342 e. The number of piperidine rings is 2. The van der Waals surface area contributed by atoms with Gasteiger partial charge in [-0.1, -0.05) is 20.8 Å². The molecule has 0 saturated carbocycles. The van der Waals surface area contributed by atoms with E-state index < -0.39 is 0 Å². The van der Waals surface area contributed by atoms with Gasteiger partial charge in [-0.05, 0) is 57.5 Å². The van der Waals surface area contributed by atoms with Crippen LogP contribution in [-0.2, 0) is 9.59 Å². The molecule has 27 heavy (non-hydrogen) atoms. The van der Waals surface area contributed by atoms with Gasteiger partial charge in [0.25, 0.3) is 0 Å². The Balaban J connectivity index is 1.68. The van der Waals surface area contributed by atoms with Crippen LogP contribution in [-0.4, -0.2) is 85.4 Å². The fourth-order valence-electron chi connectivity index (χ4n) is 4.44. The highest BCUT2D eigenvalue weighted by molar-refractivity contribution is 5.78. The first-order valence-electron chi connectivity index (χ1n) is 10.9. The maximum Gasteiger partial charge on any atom is 0.236 e. The normalized spacial score (nSPS) is 19.9. The molecule has 2 aliphatic rings. The molecular weight excluding hydrogens is 340 g/mol. The predicted molar refractivity (Wildman–Crippen MR) is 110 cm³/mol. The van der Waals surface area contributed by atoms with Crippen molar-refractivity contribution in [1.29, 1.82) is 0 Å². The maximum absolute atomic E-state index is 12.4. The quantitative estimate of drug-likeness (QED) is 0.698. The van der Waals surface area contributed by atoms with Crippen LogP contribution >= 0.6 is 0 Å². The van der Waals surface area contributed by atoms with Gasteiger partial charge < -0.3 is 15.1 Å². The molecule has 0 atom stereocenters. The molecule has 0 aromatic heterocycles. The Bertz CT molecular complexity index is 467. The number of rotatable bonds is 8. The highest BCUT2D eigenvalue weighted by Crippen LogP contribution is 2.32. The van der Waals surface area contributed by atoms with E-state index in [9.17, 15) is 9.59 Å². The number of hydrogen-bond donors (Lipinski definition) is 1. The zero-order valence-corrected chi connectivity index (χ0v) is 17.9. The highest BCUT2D eigenvalue weighted by atomic mass is 16.2. The molecule has 0 spiro atoms. The first-order chi connectivity index (χ1) is 12.9. The molecule has 156 valence electrons. The molecule has 6 heteroatoms. The fraction of sp³-hybridized carbons (Fsp3) is 0.905. The summed E-state index contributed by atoms with van der Waals surface area (Å²) in [6.45, 7) is 11.9. The summed E-state index contributed by atoms with van der Waals surface area (Å²) in [7, 11) is 2.03. The SMILES string of the molecule is CCCN(C)CC(=O)N1CCC(C2CCN(C(=O)CNC(C)C)CC2)CC1. The van der Waals surface area contributed by atoms with E-state index in [-0.39, 0.29) is 11.8 Å². The number of likely N-dealkylation sites (tertiary alicyclic amines) is 2. The monoisotopic (exact) mass is 380 g/mol. The van der Waals surface area contributed by atoms with Crippen LogP contribution in [0, 0.1) is 11.8 Å². The second-order valence-corrected chi connectivity index (χ2v) is 8.71. The molecule has 0 aliphatic carbocycles. The van der Waals surface area contributed by atoms with Crippen LogP contribution in [0.4, 0.5) is 0 Å². The summed E-state index contributed by atoms with van der Waals surface area (Å²) >= 11 is 0. The van der Waals surface area contributed by atoms with Crippen LogP contribution in [0.2, 0.25) is 0 Å². The first kappa shape index (κ1) is 22.2. The minimum absolute atomic E-state index is 0.235. The molecule has 2 saturated heterocycles. The number of likely N-dealkylation sites (N-methyl/N-ethyl adjacent to an activating group) is 1.